The Morgan fingerprint density at radius 3 is 1.14 bits per heavy atom. The van der Waals surface area contributed by atoms with Crippen molar-refractivity contribution in [2.75, 3.05) is 0 Å². The van der Waals surface area contributed by atoms with Gasteiger partial charge in [0.2, 0.25) is 16.3 Å². The van der Waals surface area contributed by atoms with E-state index in [0.29, 0.717) is 12.0 Å². The first-order chi connectivity index (χ1) is 12.7. The lowest BCUT2D eigenvalue weighted by Crippen LogP contribution is -2.47. The molecule has 0 aromatic heterocycles. The smallest absolute Gasteiger partial charge is 0.0930 e. The third-order valence-corrected chi connectivity index (χ3v) is 11.6. The van der Waals surface area contributed by atoms with E-state index in [4.69, 9.17) is 162 Å². The van der Waals surface area contributed by atoms with Crippen molar-refractivity contribution in [1.29, 1.82) is 0 Å². The Balaban J connectivity index is 3.87. The molecule has 14 heteroatoms. The zero-order valence-corrected chi connectivity index (χ0v) is 24.2. The molecule has 0 amide bonds. The molecule has 0 fully saturated rings. The molecule has 0 bridgehead atoms. The van der Waals surface area contributed by atoms with E-state index in [2.05, 4.69) is 6.92 Å². The van der Waals surface area contributed by atoms with Gasteiger partial charge in [0.05, 0.1) is 0 Å². The van der Waals surface area contributed by atoms with Crippen LogP contribution in [-0.4, -0.2) is 16.3 Å². The van der Waals surface area contributed by atoms with Gasteiger partial charge in [0.25, 0.3) is 0 Å². The molecular weight excluding hydrogens is 677 g/mol. The molecule has 0 aliphatic heterocycles. The minimum Gasteiger partial charge on any atom is -0.0930 e. The summed E-state index contributed by atoms with van der Waals surface area (Å²) in [7, 11) is 0. The maximum atomic E-state index is 6.50. The Labute approximate surface area is 239 Å². The molecule has 1 rings (SSSR count). The van der Waals surface area contributed by atoms with Crippen LogP contribution >= 0.6 is 162 Å². The second kappa shape index (κ2) is 10.1. The number of hydrogen-bond donors (Lipinski definition) is 0. The van der Waals surface area contributed by atoms with Crippen LogP contribution in [0.15, 0.2) is 18.2 Å². The van der Waals surface area contributed by atoms with Gasteiger partial charge in [-0.3, -0.25) is 0 Å². The van der Waals surface area contributed by atoms with E-state index in [1.54, 1.807) is 0 Å². The first-order valence-electron chi connectivity index (χ1n) is 7.24. The molecule has 0 nitrogen and oxygen atoms in total. The molecule has 0 spiro atoms. The summed E-state index contributed by atoms with van der Waals surface area (Å²) in [5.74, 6) is 0. The molecule has 1 aromatic rings. The average molecular weight is 686 g/mol. The van der Waals surface area contributed by atoms with E-state index in [-0.39, 0.29) is 17.5 Å². The fraction of sp³-hybridized carbons (Fsp3) is 0.533. The van der Waals surface area contributed by atoms with Crippen molar-refractivity contribution in [3.8, 4) is 0 Å². The van der Waals surface area contributed by atoms with Crippen LogP contribution in [0, 0.1) is 6.92 Å². The van der Waals surface area contributed by atoms with Crippen molar-refractivity contribution in [3.05, 3.63) is 41.8 Å². The van der Waals surface area contributed by atoms with Crippen LogP contribution in [0.25, 0.3) is 0 Å². The zero-order chi connectivity index (χ0) is 23.3. The summed E-state index contributed by atoms with van der Waals surface area (Å²) in [6.45, 7) is 3.79. The highest BCUT2D eigenvalue weighted by Gasteiger charge is 2.63. The molecule has 0 atom stereocenters. The second-order valence-corrected chi connectivity index (χ2v) is 15.6. The Bertz CT molecular complexity index is 669. The molecule has 1 aromatic carbocycles. The van der Waals surface area contributed by atoms with E-state index in [1.807, 2.05) is 0 Å². The van der Waals surface area contributed by atoms with Crippen LogP contribution < -0.4 is 0 Å². The lowest BCUT2D eigenvalue weighted by Gasteiger charge is -2.42. The van der Waals surface area contributed by atoms with Crippen molar-refractivity contribution >= 4 is 162 Å². The highest BCUT2D eigenvalue weighted by Crippen LogP contribution is 2.64. The van der Waals surface area contributed by atoms with Gasteiger partial charge in [0.15, 0.2) is 8.67 Å². The maximum Gasteiger partial charge on any atom is 0.226 e. The molecular formula is C15H9Cl14. The fourth-order valence-corrected chi connectivity index (χ4v) is 5.43. The quantitative estimate of drug-likeness (QED) is 0.262. The normalized spacial score (nSPS) is 15.0. The van der Waals surface area contributed by atoms with Crippen molar-refractivity contribution in [2.24, 2.45) is 0 Å². The van der Waals surface area contributed by atoms with Gasteiger partial charge in [0, 0.05) is 0 Å². The minimum atomic E-state index is -2.32. The molecule has 0 saturated carbocycles. The first-order valence-corrected chi connectivity index (χ1v) is 12.5. The molecule has 167 valence electrons. The lowest BCUT2D eigenvalue weighted by molar-refractivity contribution is 0.665. The van der Waals surface area contributed by atoms with Gasteiger partial charge in [-0.2, -0.15) is 0 Å². The summed E-state index contributed by atoms with van der Waals surface area (Å²) >= 11 is 86.3. The van der Waals surface area contributed by atoms with E-state index >= 15 is 0 Å². The van der Waals surface area contributed by atoms with Crippen LogP contribution in [0.4, 0.5) is 0 Å². The monoisotopic (exact) mass is 679 g/mol. The van der Waals surface area contributed by atoms with E-state index in [1.165, 1.54) is 18.2 Å². The van der Waals surface area contributed by atoms with Crippen molar-refractivity contribution in [1.82, 2.24) is 0 Å². The van der Waals surface area contributed by atoms with Gasteiger partial charge >= 0.3 is 0 Å². The zero-order valence-electron chi connectivity index (χ0n) is 13.6. The third-order valence-electron chi connectivity index (χ3n) is 3.78. The minimum absolute atomic E-state index is 0.109. The van der Waals surface area contributed by atoms with E-state index in [9.17, 15) is 0 Å². The Morgan fingerprint density at radius 2 is 0.897 bits per heavy atom. The Morgan fingerprint density at radius 1 is 0.586 bits per heavy atom. The molecule has 0 unspecified atom stereocenters. The molecule has 0 aliphatic carbocycles. The number of hydrogen-bond acceptors (Lipinski definition) is 0. The summed E-state index contributed by atoms with van der Waals surface area (Å²) in [6.07, 6.45) is 0.537. The molecule has 0 aliphatic rings. The molecule has 0 saturated heterocycles. The SMILES string of the molecule is [CH2]CCc1c(C(Cl)(Cl)C(Cl)(Cl)C(Cl)(Cl)Cl)cccc1C(Cl)(Cl)C(Cl)(Cl)C(Cl)(Cl)Cl. The van der Waals surface area contributed by atoms with E-state index in [0.717, 1.165) is 0 Å². The van der Waals surface area contributed by atoms with Crippen LogP contribution in [0.5, 0.6) is 0 Å². The van der Waals surface area contributed by atoms with Crippen LogP contribution in [-0.2, 0) is 15.1 Å². The topological polar surface area (TPSA) is 0 Å². The van der Waals surface area contributed by atoms with Crippen LogP contribution in [0.1, 0.15) is 23.1 Å². The standard InChI is InChI=1S/C15H9Cl14/c1-2-4-7-8(10(16,17)12(20,21)14(24,25)26)5-3-6-9(7)11(18,19)13(22,23)15(27,28)29/h3,5-6H,1-2,4H2. The Kier molecular flexibility index (Phi) is 10.6. The van der Waals surface area contributed by atoms with Gasteiger partial charge in [0.1, 0.15) is 0 Å². The summed E-state index contributed by atoms with van der Waals surface area (Å²) in [5, 5.41) is 0. The number of benzene rings is 1. The summed E-state index contributed by atoms with van der Waals surface area (Å²) < 4.78 is -13.6. The highest BCUT2D eigenvalue weighted by molar-refractivity contribution is 6.79. The van der Waals surface area contributed by atoms with Crippen molar-refractivity contribution in [2.45, 2.75) is 37.8 Å². The summed E-state index contributed by atoms with van der Waals surface area (Å²) in [5.41, 5.74) is 0.534. The Hall–Kier alpha value is 3.28. The molecule has 0 N–H and O–H groups in total. The van der Waals surface area contributed by atoms with Crippen LogP contribution in [0.3, 0.4) is 0 Å². The second-order valence-electron chi connectivity index (χ2n) is 5.73. The lowest BCUT2D eigenvalue weighted by atomic mass is 9.91. The number of rotatable bonds is 6. The van der Waals surface area contributed by atoms with E-state index < -0.39 is 24.9 Å². The summed E-state index contributed by atoms with van der Waals surface area (Å²) in [4.78, 5) is 0. The molecule has 1 radical (unpaired) electrons. The van der Waals surface area contributed by atoms with Gasteiger partial charge < -0.3 is 0 Å². The summed E-state index contributed by atoms with van der Waals surface area (Å²) in [6, 6.07) is 4.43. The predicted octanol–water partition coefficient (Wildman–Crippen LogP) is 10.8. The van der Waals surface area contributed by atoms with Gasteiger partial charge in [-0.25, -0.2) is 0 Å². The van der Waals surface area contributed by atoms with Crippen LogP contribution in [0.2, 0.25) is 0 Å². The predicted molar refractivity (Wildman–Crippen MR) is 136 cm³/mol. The number of halogens is 14. The molecule has 29 heavy (non-hydrogen) atoms. The molecule has 0 heterocycles. The fourth-order valence-electron chi connectivity index (χ4n) is 2.32. The largest absolute Gasteiger partial charge is 0.226 e. The third kappa shape index (κ3) is 5.75. The van der Waals surface area contributed by atoms with Gasteiger partial charge in [-0.15, -0.1) is 0 Å². The maximum absolute atomic E-state index is 6.50. The average Bonchev–Trinajstić information content (AvgIpc) is 2.52. The first kappa shape index (κ1) is 30.3. The highest BCUT2D eigenvalue weighted by atomic mass is 35.6. The van der Waals surface area contributed by atoms with Gasteiger partial charge in [-0.1, -0.05) is 188 Å². The van der Waals surface area contributed by atoms with Crippen molar-refractivity contribution in [3.63, 3.8) is 0 Å². The van der Waals surface area contributed by atoms with Gasteiger partial charge in [-0.05, 0) is 29.5 Å². The van der Waals surface area contributed by atoms with Crippen molar-refractivity contribution < 1.29 is 0 Å². The number of alkyl halides is 14.